The summed E-state index contributed by atoms with van der Waals surface area (Å²) in [4.78, 5) is 27.0. The molecule has 28 heavy (non-hydrogen) atoms. The Hall–Kier alpha value is -2.25. The number of hydrogen-bond acceptors (Lipinski definition) is 3. The fourth-order valence-corrected chi connectivity index (χ4v) is 3.76. The standard InChI is InChI=1S/C19H14Cl2F3NO3/c1-10-16(26)25(14-8-12(20)7-13(21)9-14)17(27)18(10,2)11-3-5-15(6-4-11)28-19(22,23)24/h3-10H,1-2H3/t10?,18-/m1/s1. The SMILES string of the molecule is CC1C(=O)N(c2cc(Cl)cc(Cl)c2)C(=O)[C@@]1(C)c1ccc(OC(F)(F)F)cc1. The molecule has 0 aliphatic carbocycles. The normalized spacial score (nSPS) is 22.7. The van der Waals surface area contributed by atoms with Crippen LogP contribution in [0.1, 0.15) is 19.4 Å². The van der Waals surface area contributed by atoms with Crippen molar-refractivity contribution < 1.29 is 27.5 Å². The van der Waals surface area contributed by atoms with Gasteiger partial charge in [0.25, 0.3) is 0 Å². The van der Waals surface area contributed by atoms with Crippen LogP contribution < -0.4 is 9.64 Å². The molecule has 1 aliphatic heterocycles. The highest BCUT2D eigenvalue weighted by molar-refractivity contribution is 6.36. The molecule has 0 spiro atoms. The zero-order chi connectivity index (χ0) is 20.9. The monoisotopic (exact) mass is 431 g/mol. The molecule has 2 aromatic rings. The van der Waals surface area contributed by atoms with Crippen molar-refractivity contribution in [2.45, 2.75) is 25.6 Å². The van der Waals surface area contributed by atoms with Crippen LogP contribution >= 0.6 is 23.2 Å². The number of carbonyl (C=O) groups excluding carboxylic acids is 2. The Morgan fingerprint density at radius 2 is 1.57 bits per heavy atom. The van der Waals surface area contributed by atoms with E-state index < -0.39 is 35.3 Å². The molecular weight excluding hydrogens is 418 g/mol. The van der Waals surface area contributed by atoms with Gasteiger partial charge in [0.05, 0.1) is 17.0 Å². The molecule has 0 radical (unpaired) electrons. The average Bonchev–Trinajstić information content (AvgIpc) is 2.75. The van der Waals surface area contributed by atoms with Gasteiger partial charge in [-0.05, 0) is 42.8 Å². The lowest BCUT2D eigenvalue weighted by molar-refractivity contribution is -0.274. The minimum atomic E-state index is -4.82. The number of alkyl halides is 3. The fraction of sp³-hybridized carbons (Fsp3) is 0.263. The lowest BCUT2D eigenvalue weighted by Gasteiger charge is -2.26. The van der Waals surface area contributed by atoms with E-state index in [0.717, 1.165) is 17.0 Å². The summed E-state index contributed by atoms with van der Waals surface area (Å²) in [5, 5.41) is 0.524. The Balaban J connectivity index is 1.99. The highest BCUT2D eigenvalue weighted by Gasteiger charge is 2.55. The number of hydrogen-bond donors (Lipinski definition) is 0. The number of imide groups is 1. The summed E-state index contributed by atoms with van der Waals surface area (Å²) in [6.45, 7) is 3.16. The van der Waals surface area contributed by atoms with Crippen LogP contribution in [0.4, 0.5) is 18.9 Å². The van der Waals surface area contributed by atoms with Gasteiger partial charge >= 0.3 is 6.36 Å². The number of anilines is 1. The minimum Gasteiger partial charge on any atom is -0.406 e. The molecule has 2 amide bonds. The van der Waals surface area contributed by atoms with Gasteiger partial charge < -0.3 is 4.74 Å². The maximum atomic E-state index is 13.2. The van der Waals surface area contributed by atoms with Crippen molar-refractivity contribution in [3.8, 4) is 5.75 Å². The number of nitrogens with zero attached hydrogens (tertiary/aromatic N) is 1. The van der Waals surface area contributed by atoms with Crippen LogP contribution in [0.15, 0.2) is 42.5 Å². The summed E-state index contributed by atoms with van der Waals surface area (Å²) in [6, 6.07) is 9.27. The molecule has 2 atom stereocenters. The second-order valence-corrected chi connectivity index (χ2v) is 7.48. The van der Waals surface area contributed by atoms with Gasteiger partial charge in [0, 0.05) is 10.0 Å². The number of amides is 2. The van der Waals surface area contributed by atoms with Crippen molar-refractivity contribution in [1.82, 2.24) is 0 Å². The van der Waals surface area contributed by atoms with E-state index in [9.17, 15) is 22.8 Å². The third kappa shape index (κ3) is 3.56. The lowest BCUT2D eigenvalue weighted by Crippen LogP contribution is -2.37. The second-order valence-electron chi connectivity index (χ2n) is 6.60. The molecule has 1 heterocycles. The first-order valence-corrected chi connectivity index (χ1v) is 8.90. The zero-order valence-corrected chi connectivity index (χ0v) is 16.2. The van der Waals surface area contributed by atoms with Crippen molar-refractivity contribution in [3.05, 3.63) is 58.1 Å². The highest BCUT2D eigenvalue weighted by atomic mass is 35.5. The third-order valence-electron chi connectivity index (χ3n) is 4.90. The predicted molar refractivity (Wildman–Crippen MR) is 98.6 cm³/mol. The molecule has 0 bridgehead atoms. The summed E-state index contributed by atoms with van der Waals surface area (Å²) >= 11 is 12.0. The molecule has 1 fully saturated rings. The molecule has 9 heteroatoms. The number of carbonyl (C=O) groups is 2. The van der Waals surface area contributed by atoms with Crippen molar-refractivity contribution >= 4 is 40.7 Å². The first-order valence-electron chi connectivity index (χ1n) is 8.14. The van der Waals surface area contributed by atoms with E-state index in [1.807, 2.05) is 0 Å². The zero-order valence-electron chi connectivity index (χ0n) is 14.7. The van der Waals surface area contributed by atoms with Crippen molar-refractivity contribution in [1.29, 1.82) is 0 Å². The van der Waals surface area contributed by atoms with Crippen molar-refractivity contribution in [2.75, 3.05) is 4.90 Å². The van der Waals surface area contributed by atoms with Gasteiger partial charge in [-0.15, -0.1) is 13.2 Å². The van der Waals surface area contributed by atoms with Gasteiger partial charge in [-0.3, -0.25) is 9.59 Å². The van der Waals surface area contributed by atoms with Gasteiger partial charge in [-0.1, -0.05) is 42.3 Å². The molecule has 4 nitrogen and oxygen atoms in total. The molecule has 0 saturated carbocycles. The second kappa shape index (κ2) is 6.97. The number of rotatable bonds is 3. The largest absolute Gasteiger partial charge is 0.573 e. The molecule has 0 aromatic heterocycles. The van der Waals surface area contributed by atoms with E-state index in [2.05, 4.69) is 4.74 Å². The molecule has 0 N–H and O–H groups in total. The topological polar surface area (TPSA) is 46.6 Å². The molecule has 3 rings (SSSR count). The van der Waals surface area contributed by atoms with Crippen molar-refractivity contribution in [2.24, 2.45) is 5.92 Å². The summed E-state index contributed by atoms with van der Waals surface area (Å²) in [6.07, 6.45) is -4.82. The molecule has 1 saturated heterocycles. The summed E-state index contributed by atoms with van der Waals surface area (Å²) in [5.41, 5.74) is -0.647. The molecule has 1 aliphatic rings. The van der Waals surface area contributed by atoms with Crippen LogP contribution in [0, 0.1) is 5.92 Å². The number of ether oxygens (including phenoxy) is 1. The van der Waals surface area contributed by atoms with E-state index in [0.29, 0.717) is 5.56 Å². The highest BCUT2D eigenvalue weighted by Crippen LogP contribution is 2.44. The van der Waals surface area contributed by atoms with Gasteiger partial charge in [0.1, 0.15) is 5.75 Å². The van der Waals surface area contributed by atoms with Crippen LogP contribution in [-0.2, 0) is 15.0 Å². The Kier molecular flexibility index (Phi) is 5.10. The van der Waals surface area contributed by atoms with Crippen LogP contribution in [-0.4, -0.2) is 18.2 Å². The van der Waals surface area contributed by atoms with Gasteiger partial charge in [-0.2, -0.15) is 0 Å². The Bertz CT molecular complexity index is 926. The van der Waals surface area contributed by atoms with Gasteiger partial charge in [0.2, 0.25) is 11.8 Å². The van der Waals surface area contributed by atoms with Gasteiger partial charge in [0.15, 0.2) is 0 Å². The maximum absolute atomic E-state index is 13.2. The summed E-state index contributed by atoms with van der Waals surface area (Å²) < 4.78 is 40.9. The number of benzene rings is 2. The van der Waals surface area contributed by atoms with E-state index in [1.165, 1.54) is 30.3 Å². The molecule has 148 valence electrons. The quantitative estimate of drug-likeness (QED) is 0.614. The molecule has 1 unspecified atom stereocenters. The van der Waals surface area contributed by atoms with E-state index in [-0.39, 0.29) is 15.7 Å². The molecule has 2 aromatic carbocycles. The Morgan fingerprint density at radius 1 is 1.04 bits per heavy atom. The Morgan fingerprint density at radius 3 is 2.07 bits per heavy atom. The lowest BCUT2D eigenvalue weighted by atomic mass is 9.74. The maximum Gasteiger partial charge on any atom is 0.573 e. The summed E-state index contributed by atoms with van der Waals surface area (Å²) in [7, 11) is 0. The van der Waals surface area contributed by atoms with E-state index in [4.69, 9.17) is 23.2 Å². The first kappa shape index (κ1) is 20.5. The first-order chi connectivity index (χ1) is 12.9. The van der Waals surface area contributed by atoms with Crippen LogP contribution in [0.5, 0.6) is 5.75 Å². The fourth-order valence-electron chi connectivity index (χ4n) is 3.25. The Labute approximate surface area is 168 Å². The average molecular weight is 432 g/mol. The van der Waals surface area contributed by atoms with Crippen LogP contribution in [0.3, 0.4) is 0 Å². The van der Waals surface area contributed by atoms with Gasteiger partial charge in [-0.25, -0.2) is 4.90 Å². The molecular formula is C19H14Cl2F3NO3. The van der Waals surface area contributed by atoms with Crippen LogP contribution in [0.2, 0.25) is 10.0 Å². The minimum absolute atomic E-state index is 0.236. The van der Waals surface area contributed by atoms with E-state index >= 15 is 0 Å². The smallest absolute Gasteiger partial charge is 0.406 e. The van der Waals surface area contributed by atoms with Crippen molar-refractivity contribution in [3.63, 3.8) is 0 Å². The van der Waals surface area contributed by atoms with Crippen LogP contribution in [0.25, 0.3) is 0 Å². The summed E-state index contributed by atoms with van der Waals surface area (Å²) in [5.74, 6) is -2.15. The third-order valence-corrected chi connectivity index (χ3v) is 5.33. The number of halogens is 5. The predicted octanol–water partition coefficient (Wildman–Crippen LogP) is 5.36. The van der Waals surface area contributed by atoms with E-state index in [1.54, 1.807) is 13.8 Å².